The molecule has 1 unspecified atom stereocenters. The highest BCUT2D eigenvalue weighted by molar-refractivity contribution is 5.85. The fourth-order valence-corrected chi connectivity index (χ4v) is 3.93. The molecular weight excluding hydrogens is 391 g/mol. The van der Waals surface area contributed by atoms with Gasteiger partial charge in [-0.15, -0.1) is 24.8 Å². The van der Waals surface area contributed by atoms with Crippen LogP contribution in [0.25, 0.3) is 0 Å². The molecule has 2 amide bonds. The van der Waals surface area contributed by atoms with Gasteiger partial charge in [0.05, 0.1) is 13.2 Å². The molecule has 3 aliphatic rings. The number of carbonyl (C=O) groups excluding carboxylic acids is 2. The minimum absolute atomic E-state index is 0. The molecule has 27 heavy (non-hydrogen) atoms. The zero-order valence-electron chi connectivity index (χ0n) is 16.2. The molecule has 158 valence electrons. The van der Waals surface area contributed by atoms with Crippen LogP contribution >= 0.6 is 24.8 Å². The summed E-state index contributed by atoms with van der Waals surface area (Å²) in [5.41, 5.74) is 0. The maximum atomic E-state index is 12.4. The third kappa shape index (κ3) is 7.38. The van der Waals surface area contributed by atoms with E-state index in [1.807, 2.05) is 4.90 Å². The quantitative estimate of drug-likeness (QED) is 0.693. The first-order valence-electron chi connectivity index (χ1n) is 9.74. The first kappa shape index (κ1) is 24.4. The van der Waals surface area contributed by atoms with Crippen LogP contribution < -0.4 is 10.6 Å². The van der Waals surface area contributed by atoms with E-state index in [0.29, 0.717) is 38.8 Å². The van der Waals surface area contributed by atoms with E-state index in [0.717, 1.165) is 38.4 Å². The van der Waals surface area contributed by atoms with Gasteiger partial charge in [-0.3, -0.25) is 14.5 Å². The van der Waals surface area contributed by atoms with Gasteiger partial charge in [-0.1, -0.05) is 6.92 Å². The minimum atomic E-state index is -0.350. The summed E-state index contributed by atoms with van der Waals surface area (Å²) in [5, 5.41) is 6.38. The number of halogens is 2. The van der Waals surface area contributed by atoms with Crippen LogP contribution in [0.5, 0.6) is 0 Å². The smallest absolute Gasteiger partial charge is 0.253 e. The van der Waals surface area contributed by atoms with E-state index < -0.39 is 0 Å². The largest absolute Gasteiger partial charge is 0.366 e. The van der Waals surface area contributed by atoms with Crippen molar-refractivity contribution in [2.75, 3.05) is 52.4 Å². The summed E-state index contributed by atoms with van der Waals surface area (Å²) in [6.07, 6.45) is 4.28. The van der Waals surface area contributed by atoms with E-state index in [9.17, 15) is 9.59 Å². The van der Waals surface area contributed by atoms with Gasteiger partial charge in [-0.05, 0) is 31.6 Å². The number of rotatable bonds is 4. The van der Waals surface area contributed by atoms with E-state index in [1.54, 1.807) is 0 Å². The molecule has 3 rings (SSSR count). The molecule has 2 heterocycles. The van der Waals surface area contributed by atoms with Gasteiger partial charge >= 0.3 is 0 Å². The van der Waals surface area contributed by atoms with E-state index in [4.69, 9.17) is 4.74 Å². The van der Waals surface area contributed by atoms with E-state index >= 15 is 0 Å². The van der Waals surface area contributed by atoms with Crippen LogP contribution in [0.1, 0.15) is 32.6 Å². The van der Waals surface area contributed by atoms with Gasteiger partial charge in [-0.25, -0.2) is 0 Å². The summed E-state index contributed by atoms with van der Waals surface area (Å²) in [6, 6.07) is 0.350. The number of nitrogens with one attached hydrogen (secondary N) is 2. The van der Waals surface area contributed by atoms with Crippen LogP contribution in [-0.2, 0) is 14.3 Å². The van der Waals surface area contributed by atoms with Crippen LogP contribution in [0.15, 0.2) is 0 Å². The number of piperazine rings is 1. The van der Waals surface area contributed by atoms with Crippen LogP contribution in [0.2, 0.25) is 0 Å². The molecule has 0 bridgehead atoms. The molecule has 1 atom stereocenters. The molecule has 1 saturated carbocycles. The van der Waals surface area contributed by atoms with Crippen molar-refractivity contribution in [1.29, 1.82) is 0 Å². The predicted octanol–water partition coefficient (Wildman–Crippen LogP) is 0.658. The summed E-state index contributed by atoms with van der Waals surface area (Å²) < 4.78 is 5.54. The van der Waals surface area contributed by atoms with Gasteiger partial charge in [0, 0.05) is 45.3 Å². The third-order valence-electron chi connectivity index (χ3n) is 5.64. The van der Waals surface area contributed by atoms with Gasteiger partial charge < -0.3 is 20.3 Å². The maximum Gasteiger partial charge on any atom is 0.253 e. The highest BCUT2D eigenvalue weighted by Crippen LogP contribution is 2.23. The summed E-state index contributed by atoms with van der Waals surface area (Å²) in [5.74, 6) is 0.994. The number of morpholine rings is 1. The van der Waals surface area contributed by atoms with Crippen molar-refractivity contribution in [2.45, 2.75) is 44.8 Å². The highest BCUT2D eigenvalue weighted by Gasteiger charge is 2.30. The third-order valence-corrected chi connectivity index (χ3v) is 5.64. The van der Waals surface area contributed by atoms with Gasteiger partial charge in [0.2, 0.25) is 5.91 Å². The molecule has 0 aromatic carbocycles. The second-order valence-corrected chi connectivity index (χ2v) is 7.69. The Balaban J connectivity index is 0.00000182. The summed E-state index contributed by atoms with van der Waals surface area (Å²) in [6.45, 7) is 7.58. The van der Waals surface area contributed by atoms with Crippen LogP contribution in [0, 0.1) is 5.92 Å². The number of hydrogen-bond donors (Lipinski definition) is 2. The Morgan fingerprint density at radius 2 is 1.74 bits per heavy atom. The van der Waals surface area contributed by atoms with Crippen molar-refractivity contribution in [2.24, 2.45) is 5.92 Å². The number of ether oxygens (including phenoxy) is 1. The fourth-order valence-electron chi connectivity index (χ4n) is 3.93. The normalized spacial score (nSPS) is 29.2. The van der Waals surface area contributed by atoms with Gasteiger partial charge in [0.1, 0.15) is 6.10 Å². The zero-order valence-corrected chi connectivity index (χ0v) is 17.8. The molecule has 2 aliphatic heterocycles. The SMILES string of the molecule is CC1CCC(NC(=O)CN2CCN(C(=O)C3CNCCO3)CC2)CC1.Cl.Cl. The lowest BCUT2D eigenvalue weighted by Gasteiger charge is -2.37. The topological polar surface area (TPSA) is 73.9 Å². The van der Waals surface area contributed by atoms with Crippen molar-refractivity contribution in [1.82, 2.24) is 20.4 Å². The van der Waals surface area contributed by atoms with Crippen molar-refractivity contribution in [3.8, 4) is 0 Å². The first-order valence-corrected chi connectivity index (χ1v) is 9.74. The summed E-state index contributed by atoms with van der Waals surface area (Å²) >= 11 is 0. The zero-order chi connectivity index (χ0) is 17.6. The molecule has 2 N–H and O–H groups in total. The second-order valence-electron chi connectivity index (χ2n) is 7.69. The molecular formula is C18H34Cl2N4O3. The van der Waals surface area contributed by atoms with Crippen LogP contribution in [-0.4, -0.2) is 86.2 Å². The van der Waals surface area contributed by atoms with Gasteiger partial charge in [-0.2, -0.15) is 0 Å². The molecule has 0 aromatic heterocycles. The fraction of sp³-hybridized carbons (Fsp3) is 0.889. The molecule has 1 aliphatic carbocycles. The van der Waals surface area contributed by atoms with Gasteiger partial charge in [0.15, 0.2) is 0 Å². The predicted molar refractivity (Wildman–Crippen MR) is 110 cm³/mol. The number of amides is 2. The molecule has 2 saturated heterocycles. The van der Waals surface area contributed by atoms with E-state index in [1.165, 1.54) is 12.8 Å². The van der Waals surface area contributed by atoms with Crippen molar-refractivity contribution < 1.29 is 14.3 Å². The Labute approximate surface area is 174 Å². The average Bonchev–Trinajstić information content (AvgIpc) is 2.64. The van der Waals surface area contributed by atoms with Crippen LogP contribution in [0.4, 0.5) is 0 Å². The van der Waals surface area contributed by atoms with Crippen LogP contribution in [0.3, 0.4) is 0 Å². The Hall–Kier alpha value is -0.600. The molecule has 0 aromatic rings. The monoisotopic (exact) mass is 424 g/mol. The Morgan fingerprint density at radius 3 is 2.33 bits per heavy atom. The lowest BCUT2D eigenvalue weighted by molar-refractivity contribution is -0.147. The minimum Gasteiger partial charge on any atom is -0.366 e. The molecule has 0 radical (unpaired) electrons. The first-order chi connectivity index (χ1) is 12.1. The molecule has 3 fully saturated rings. The summed E-state index contributed by atoms with van der Waals surface area (Å²) in [7, 11) is 0. The average molecular weight is 425 g/mol. The maximum absolute atomic E-state index is 12.4. The number of nitrogens with zero attached hydrogens (tertiary/aromatic N) is 2. The second kappa shape index (κ2) is 12.1. The Bertz CT molecular complexity index is 462. The van der Waals surface area contributed by atoms with Crippen molar-refractivity contribution >= 4 is 36.6 Å². The van der Waals surface area contributed by atoms with Crippen molar-refractivity contribution in [3.63, 3.8) is 0 Å². The lowest BCUT2D eigenvalue weighted by atomic mass is 9.87. The number of hydrogen-bond acceptors (Lipinski definition) is 5. The lowest BCUT2D eigenvalue weighted by Crippen LogP contribution is -2.56. The van der Waals surface area contributed by atoms with E-state index in [2.05, 4.69) is 22.5 Å². The Kier molecular flexibility index (Phi) is 10.9. The molecule has 7 nitrogen and oxygen atoms in total. The van der Waals surface area contributed by atoms with E-state index in [-0.39, 0.29) is 42.7 Å². The standard InChI is InChI=1S/C18H32N4O3.2ClH/c1-14-2-4-15(5-3-14)20-17(23)13-21-7-9-22(10-8-21)18(24)16-12-19-6-11-25-16;;/h14-16,19H,2-13H2,1H3,(H,20,23);2*1H. The molecule has 0 spiro atoms. The summed E-state index contributed by atoms with van der Waals surface area (Å²) in [4.78, 5) is 28.7. The number of carbonyl (C=O) groups is 2. The van der Waals surface area contributed by atoms with Crippen molar-refractivity contribution in [3.05, 3.63) is 0 Å². The van der Waals surface area contributed by atoms with Gasteiger partial charge in [0.25, 0.3) is 5.91 Å². The molecule has 9 heteroatoms. The Morgan fingerprint density at radius 1 is 1.07 bits per heavy atom. The highest BCUT2D eigenvalue weighted by atomic mass is 35.5.